The first-order valence-electron chi connectivity index (χ1n) is 7.72. The summed E-state index contributed by atoms with van der Waals surface area (Å²) < 4.78 is 12.6. The van der Waals surface area contributed by atoms with Crippen LogP contribution >= 0.6 is 0 Å². The van der Waals surface area contributed by atoms with Crippen molar-refractivity contribution in [1.29, 1.82) is 0 Å². The molecular formula is C19H19N3O3. The van der Waals surface area contributed by atoms with Gasteiger partial charge in [0.15, 0.2) is 11.5 Å². The van der Waals surface area contributed by atoms with Gasteiger partial charge in [-0.05, 0) is 48.9 Å². The van der Waals surface area contributed by atoms with Gasteiger partial charge in [0.2, 0.25) is 5.91 Å². The van der Waals surface area contributed by atoms with Crippen LogP contribution in [0.15, 0.2) is 42.6 Å². The highest BCUT2D eigenvalue weighted by molar-refractivity contribution is 5.91. The molecule has 2 aromatic heterocycles. The zero-order valence-corrected chi connectivity index (χ0v) is 14.3. The van der Waals surface area contributed by atoms with E-state index in [0.717, 1.165) is 28.2 Å². The number of nitrogens with zero attached hydrogens (tertiary/aromatic N) is 2. The molecule has 0 bridgehead atoms. The number of primary amides is 1. The predicted molar refractivity (Wildman–Crippen MR) is 96.7 cm³/mol. The third-order valence-electron chi connectivity index (χ3n) is 3.88. The van der Waals surface area contributed by atoms with Crippen LogP contribution in [-0.2, 0) is 4.79 Å². The summed E-state index contributed by atoms with van der Waals surface area (Å²) in [6.45, 7) is 2.00. The SMILES string of the molecule is COc1ccc(-c2nc3cc(C)ccn3c2/C=C/C(N)=O)cc1OC. The molecule has 0 unspecified atom stereocenters. The zero-order chi connectivity index (χ0) is 18.0. The Labute approximate surface area is 145 Å². The summed E-state index contributed by atoms with van der Waals surface area (Å²) in [7, 11) is 3.18. The van der Waals surface area contributed by atoms with Crippen LogP contribution < -0.4 is 15.2 Å². The van der Waals surface area contributed by atoms with Crippen molar-refractivity contribution in [3.05, 3.63) is 53.9 Å². The highest BCUT2D eigenvalue weighted by Gasteiger charge is 2.15. The van der Waals surface area contributed by atoms with Crippen molar-refractivity contribution in [2.75, 3.05) is 14.2 Å². The van der Waals surface area contributed by atoms with Crippen LogP contribution in [0.25, 0.3) is 23.0 Å². The number of imidazole rings is 1. The number of benzene rings is 1. The molecule has 3 rings (SSSR count). The maximum absolute atomic E-state index is 11.2. The van der Waals surface area contributed by atoms with E-state index in [-0.39, 0.29) is 0 Å². The Hall–Kier alpha value is -3.28. The average molecular weight is 337 g/mol. The fraction of sp³-hybridized carbons (Fsp3) is 0.158. The van der Waals surface area contributed by atoms with E-state index in [2.05, 4.69) is 0 Å². The smallest absolute Gasteiger partial charge is 0.241 e. The van der Waals surface area contributed by atoms with E-state index in [9.17, 15) is 4.79 Å². The summed E-state index contributed by atoms with van der Waals surface area (Å²) in [6, 6.07) is 9.54. The number of methoxy groups -OCH3 is 2. The third kappa shape index (κ3) is 3.19. The largest absolute Gasteiger partial charge is 0.493 e. The number of fused-ring (bicyclic) bond motifs is 1. The zero-order valence-electron chi connectivity index (χ0n) is 14.3. The number of carbonyl (C=O) groups excluding carboxylic acids is 1. The Morgan fingerprint density at radius 3 is 2.60 bits per heavy atom. The molecule has 6 heteroatoms. The van der Waals surface area contributed by atoms with Crippen LogP contribution in [0.5, 0.6) is 11.5 Å². The highest BCUT2D eigenvalue weighted by atomic mass is 16.5. The molecule has 25 heavy (non-hydrogen) atoms. The molecule has 3 aromatic rings. The number of aryl methyl sites for hydroxylation is 1. The minimum Gasteiger partial charge on any atom is -0.493 e. The topological polar surface area (TPSA) is 78.9 Å². The van der Waals surface area contributed by atoms with Gasteiger partial charge in [-0.15, -0.1) is 0 Å². The molecule has 0 atom stereocenters. The first-order chi connectivity index (χ1) is 12.0. The van der Waals surface area contributed by atoms with Gasteiger partial charge in [0.25, 0.3) is 0 Å². The van der Waals surface area contributed by atoms with E-state index < -0.39 is 5.91 Å². The van der Waals surface area contributed by atoms with Gasteiger partial charge in [-0.1, -0.05) is 0 Å². The number of rotatable bonds is 5. The Morgan fingerprint density at radius 1 is 1.16 bits per heavy atom. The molecule has 2 heterocycles. The summed E-state index contributed by atoms with van der Waals surface area (Å²) in [5, 5.41) is 0. The fourth-order valence-corrected chi connectivity index (χ4v) is 2.68. The number of hydrogen-bond donors (Lipinski definition) is 1. The Morgan fingerprint density at radius 2 is 1.92 bits per heavy atom. The second-order valence-electron chi connectivity index (χ2n) is 5.58. The van der Waals surface area contributed by atoms with Crippen molar-refractivity contribution in [2.24, 2.45) is 5.73 Å². The van der Waals surface area contributed by atoms with Gasteiger partial charge in [0, 0.05) is 17.8 Å². The lowest BCUT2D eigenvalue weighted by atomic mass is 10.1. The molecule has 6 nitrogen and oxygen atoms in total. The number of ether oxygens (including phenoxy) is 2. The second kappa shape index (κ2) is 6.68. The van der Waals surface area contributed by atoms with E-state index in [0.29, 0.717) is 11.5 Å². The molecule has 0 radical (unpaired) electrons. The second-order valence-corrected chi connectivity index (χ2v) is 5.58. The van der Waals surface area contributed by atoms with Crippen LogP contribution in [0.2, 0.25) is 0 Å². The van der Waals surface area contributed by atoms with Gasteiger partial charge >= 0.3 is 0 Å². The molecular weight excluding hydrogens is 318 g/mol. The van der Waals surface area contributed by atoms with Crippen LogP contribution in [0.4, 0.5) is 0 Å². The van der Waals surface area contributed by atoms with Crippen molar-refractivity contribution in [3.8, 4) is 22.8 Å². The van der Waals surface area contributed by atoms with Crippen molar-refractivity contribution < 1.29 is 14.3 Å². The first kappa shape index (κ1) is 16.6. The minimum atomic E-state index is -0.514. The van der Waals surface area contributed by atoms with Crippen LogP contribution in [0, 0.1) is 6.92 Å². The Balaban J connectivity index is 2.24. The summed E-state index contributed by atoms with van der Waals surface area (Å²) >= 11 is 0. The maximum Gasteiger partial charge on any atom is 0.241 e. The molecule has 0 fully saturated rings. The summed E-state index contributed by atoms with van der Waals surface area (Å²) in [4.78, 5) is 15.9. The number of amides is 1. The summed E-state index contributed by atoms with van der Waals surface area (Å²) in [5.74, 6) is 0.735. The maximum atomic E-state index is 11.2. The molecule has 128 valence electrons. The molecule has 1 aromatic carbocycles. The molecule has 0 saturated carbocycles. The molecule has 0 aliphatic heterocycles. The van der Waals surface area contributed by atoms with Crippen LogP contribution in [0.1, 0.15) is 11.3 Å². The van der Waals surface area contributed by atoms with E-state index in [4.69, 9.17) is 20.2 Å². The van der Waals surface area contributed by atoms with Crippen molar-refractivity contribution >= 4 is 17.6 Å². The number of hydrogen-bond acceptors (Lipinski definition) is 4. The molecule has 0 aliphatic rings. The first-order valence-corrected chi connectivity index (χ1v) is 7.72. The average Bonchev–Trinajstić information content (AvgIpc) is 2.96. The van der Waals surface area contributed by atoms with Crippen LogP contribution in [-0.4, -0.2) is 29.5 Å². The quantitative estimate of drug-likeness (QED) is 0.726. The summed E-state index contributed by atoms with van der Waals surface area (Å²) in [6.07, 6.45) is 4.92. The number of nitrogens with two attached hydrogens (primary N) is 1. The Bertz CT molecular complexity index is 973. The lowest BCUT2D eigenvalue weighted by Gasteiger charge is -2.09. The van der Waals surface area contributed by atoms with Gasteiger partial charge in [-0.25, -0.2) is 4.98 Å². The molecule has 2 N–H and O–H groups in total. The standard InChI is InChI=1S/C19H19N3O3/c1-12-8-9-22-14(5-7-17(20)23)19(21-18(22)10-12)13-4-6-15(24-2)16(11-13)25-3/h4-11H,1-3H3,(H2,20,23)/b7-5+. The van der Waals surface area contributed by atoms with E-state index >= 15 is 0 Å². The van der Waals surface area contributed by atoms with Crippen LogP contribution in [0.3, 0.4) is 0 Å². The van der Waals surface area contributed by atoms with Crippen molar-refractivity contribution in [3.63, 3.8) is 0 Å². The number of aromatic nitrogens is 2. The lowest BCUT2D eigenvalue weighted by Crippen LogP contribution is -2.05. The van der Waals surface area contributed by atoms with Gasteiger partial charge < -0.3 is 15.2 Å². The number of pyridine rings is 1. The third-order valence-corrected chi connectivity index (χ3v) is 3.88. The van der Waals surface area contributed by atoms with E-state index in [1.165, 1.54) is 6.08 Å². The number of carbonyl (C=O) groups is 1. The van der Waals surface area contributed by atoms with Gasteiger partial charge in [-0.3, -0.25) is 9.20 Å². The van der Waals surface area contributed by atoms with Gasteiger partial charge in [0.1, 0.15) is 5.65 Å². The van der Waals surface area contributed by atoms with E-state index in [1.807, 2.05) is 47.9 Å². The van der Waals surface area contributed by atoms with Crippen molar-refractivity contribution in [1.82, 2.24) is 9.38 Å². The molecule has 1 amide bonds. The molecule has 0 spiro atoms. The molecule has 0 aliphatic carbocycles. The lowest BCUT2D eigenvalue weighted by molar-refractivity contribution is -0.113. The fourth-order valence-electron chi connectivity index (χ4n) is 2.68. The van der Waals surface area contributed by atoms with E-state index in [1.54, 1.807) is 20.3 Å². The van der Waals surface area contributed by atoms with Gasteiger partial charge in [0.05, 0.1) is 25.6 Å². The Kier molecular flexibility index (Phi) is 4.43. The molecule has 0 saturated heterocycles. The minimum absolute atomic E-state index is 0.514. The highest BCUT2D eigenvalue weighted by Crippen LogP contribution is 2.34. The monoisotopic (exact) mass is 337 g/mol. The predicted octanol–water partition coefficient (Wildman–Crippen LogP) is 2.83. The normalized spacial score (nSPS) is 11.2. The van der Waals surface area contributed by atoms with Crippen molar-refractivity contribution in [2.45, 2.75) is 6.92 Å². The van der Waals surface area contributed by atoms with Gasteiger partial charge in [-0.2, -0.15) is 0 Å². The summed E-state index contributed by atoms with van der Waals surface area (Å²) in [5.41, 5.74) is 9.48.